The number of hydrogen-bond acceptors (Lipinski definition) is 2. The van der Waals surface area contributed by atoms with Crippen molar-refractivity contribution in [2.75, 3.05) is 0 Å². The van der Waals surface area contributed by atoms with Crippen molar-refractivity contribution in [1.82, 2.24) is 0 Å². The zero-order chi connectivity index (χ0) is 10.1. The summed E-state index contributed by atoms with van der Waals surface area (Å²) < 4.78 is 28.4. The molecule has 1 aliphatic rings. The molecule has 0 saturated heterocycles. The maximum Gasteiger partial charge on any atom is 0.487 e. The highest BCUT2D eigenvalue weighted by molar-refractivity contribution is 6.20. The first-order valence-electron chi connectivity index (χ1n) is 3.73. The zero-order valence-corrected chi connectivity index (χ0v) is 7.81. The number of halogens is 3. The van der Waals surface area contributed by atoms with Crippen LogP contribution in [0.25, 0.3) is 0 Å². The van der Waals surface area contributed by atoms with Crippen molar-refractivity contribution in [3.63, 3.8) is 0 Å². The molecule has 2 N–H and O–H groups in total. The van der Waals surface area contributed by atoms with Gasteiger partial charge in [-0.3, -0.25) is 0 Å². The molecule has 13 heavy (non-hydrogen) atoms. The van der Waals surface area contributed by atoms with Crippen molar-refractivity contribution in [3.8, 4) is 0 Å². The second kappa shape index (κ2) is 3.27. The van der Waals surface area contributed by atoms with Crippen molar-refractivity contribution in [3.05, 3.63) is 24.0 Å². The molecule has 1 unspecified atom stereocenters. The molecule has 0 saturated carbocycles. The topological polar surface area (TPSA) is 35.2 Å². The lowest BCUT2D eigenvalue weighted by atomic mass is 9.94. The van der Waals surface area contributed by atoms with Gasteiger partial charge in [0.15, 0.2) is 0 Å². The Hall–Kier alpha value is -0.610. The third kappa shape index (κ3) is 3.74. The fourth-order valence-electron chi connectivity index (χ4n) is 0.938. The van der Waals surface area contributed by atoms with E-state index in [0.29, 0.717) is 6.42 Å². The van der Waals surface area contributed by atoms with E-state index in [1.165, 1.54) is 12.2 Å². The average Bonchev–Trinajstić information content (AvgIpc) is 1.91. The normalized spacial score (nSPS) is 28.5. The van der Waals surface area contributed by atoms with Gasteiger partial charge in [0.2, 0.25) is 0 Å². The molecule has 74 valence electrons. The van der Waals surface area contributed by atoms with Gasteiger partial charge in [-0.25, -0.2) is 0 Å². The highest BCUT2D eigenvalue weighted by Crippen LogP contribution is 2.27. The molecule has 0 aromatic heterocycles. The lowest BCUT2D eigenvalue weighted by Gasteiger charge is -2.23. The van der Waals surface area contributed by atoms with Crippen LogP contribution in [-0.4, -0.2) is 11.1 Å². The van der Waals surface area contributed by atoms with Gasteiger partial charge in [0.1, 0.15) is 5.76 Å². The van der Waals surface area contributed by atoms with Crippen molar-refractivity contribution in [2.45, 2.75) is 24.5 Å². The molecule has 0 fully saturated rings. The molecule has 0 radical (unpaired) electrons. The Morgan fingerprint density at radius 1 is 1.69 bits per heavy atom. The Balaban J connectivity index is 2.59. The maximum atomic E-state index is 12.1. The van der Waals surface area contributed by atoms with E-state index in [2.05, 4.69) is 16.3 Å². The molecule has 1 rings (SSSR count). The van der Waals surface area contributed by atoms with Crippen LogP contribution in [0.2, 0.25) is 0 Å². The molecular formula is C8H10ClF2NO. The van der Waals surface area contributed by atoms with Crippen molar-refractivity contribution < 1.29 is 13.5 Å². The first-order chi connectivity index (χ1) is 5.79. The maximum absolute atomic E-state index is 12.1. The fourth-order valence-corrected chi connectivity index (χ4v) is 1.03. The second-order valence-electron chi connectivity index (χ2n) is 3.20. The van der Waals surface area contributed by atoms with Crippen LogP contribution in [0.5, 0.6) is 0 Å². The van der Waals surface area contributed by atoms with Crippen LogP contribution in [0.15, 0.2) is 24.0 Å². The van der Waals surface area contributed by atoms with Crippen LogP contribution in [0, 0.1) is 0 Å². The monoisotopic (exact) mass is 209 g/mol. The van der Waals surface area contributed by atoms with Gasteiger partial charge in [0.25, 0.3) is 0 Å². The van der Waals surface area contributed by atoms with Gasteiger partial charge in [-0.1, -0.05) is 6.08 Å². The number of rotatable bonds is 2. The summed E-state index contributed by atoms with van der Waals surface area (Å²) in [6.07, 6.45) is 4.92. The zero-order valence-electron chi connectivity index (χ0n) is 7.06. The molecule has 0 aliphatic heterocycles. The van der Waals surface area contributed by atoms with Crippen LogP contribution in [0.3, 0.4) is 0 Å². The Morgan fingerprint density at radius 3 is 2.69 bits per heavy atom. The third-order valence-corrected chi connectivity index (χ3v) is 1.68. The molecule has 0 amide bonds. The van der Waals surface area contributed by atoms with Crippen LogP contribution in [-0.2, 0) is 4.74 Å². The molecule has 0 spiro atoms. The van der Waals surface area contributed by atoms with Crippen LogP contribution >= 0.6 is 11.6 Å². The molecule has 0 aromatic rings. The molecule has 0 bridgehead atoms. The van der Waals surface area contributed by atoms with Gasteiger partial charge in [0.05, 0.1) is 0 Å². The van der Waals surface area contributed by atoms with Crippen LogP contribution < -0.4 is 5.73 Å². The summed E-state index contributed by atoms with van der Waals surface area (Å²) in [6, 6.07) is 0. The molecule has 0 aromatic carbocycles. The summed E-state index contributed by atoms with van der Waals surface area (Å²) in [6.45, 7) is 1.79. The average molecular weight is 210 g/mol. The lowest BCUT2D eigenvalue weighted by molar-refractivity contribution is -0.137. The molecule has 2 nitrogen and oxygen atoms in total. The predicted molar refractivity (Wildman–Crippen MR) is 46.3 cm³/mol. The number of nitrogens with two attached hydrogens (primary N) is 1. The van der Waals surface area contributed by atoms with Gasteiger partial charge >= 0.3 is 5.57 Å². The predicted octanol–water partition coefficient (Wildman–Crippen LogP) is 2.35. The van der Waals surface area contributed by atoms with Gasteiger partial charge in [-0.2, -0.15) is 0 Å². The first kappa shape index (κ1) is 10.5. The van der Waals surface area contributed by atoms with E-state index in [0.717, 1.165) is 0 Å². The Labute approximate surface area is 80.0 Å². The van der Waals surface area contributed by atoms with Crippen molar-refractivity contribution in [1.29, 1.82) is 0 Å². The SMILES string of the molecule is CC1(N)C=CC(OC(F)(F)Cl)=CC1. The summed E-state index contributed by atoms with van der Waals surface area (Å²) in [7, 11) is 0. The van der Waals surface area contributed by atoms with E-state index in [1.54, 1.807) is 13.0 Å². The number of hydrogen-bond donors (Lipinski definition) is 1. The molecule has 0 heterocycles. The highest BCUT2D eigenvalue weighted by atomic mass is 35.5. The Bertz CT molecular complexity index is 255. The summed E-state index contributed by atoms with van der Waals surface area (Å²) in [5.41, 5.74) is 1.55. The summed E-state index contributed by atoms with van der Waals surface area (Å²) >= 11 is 4.58. The fraction of sp³-hybridized carbons (Fsp3) is 0.500. The lowest BCUT2D eigenvalue weighted by Crippen LogP contribution is -2.34. The Morgan fingerprint density at radius 2 is 2.31 bits per heavy atom. The van der Waals surface area contributed by atoms with Crippen LogP contribution in [0.4, 0.5) is 8.78 Å². The molecular weight excluding hydrogens is 200 g/mol. The summed E-state index contributed by atoms with van der Waals surface area (Å²) in [5, 5.41) is 0. The minimum atomic E-state index is -3.65. The van der Waals surface area contributed by atoms with E-state index in [-0.39, 0.29) is 5.76 Å². The summed E-state index contributed by atoms with van der Waals surface area (Å²) in [5.74, 6) is 0.0444. The van der Waals surface area contributed by atoms with E-state index < -0.39 is 11.1 Å². The van der Waals surface area contributed by atoms with E-state index in [9.17, 15) is 8.78 Å². The van der Waals surface area contributed by atoms with E-state index in [4.69, 9.17) is 5.73 Å². The smallest absolute Gasteiger partial charge is 0.420 e. The molecule has 1 atom stereocenters. The largest absolute Gasteiger partial charge is 0.487 e. The van der Waals surface area contributed by atoms with Gasteiger partial charge in [0, 0.05) is 17.1 Å². The number of ether oxygens (including phenoxy) is 1. The van der Waals surface area contributed by atoms with E-state index >= 15 is 0 Å². The number of allylic oxidation sites excluding steroid dienone is 1. The summed E-state index contributed by atoms with van der Waals surface area (Å²) in [4.78, 5) is 0. The second-order valence-corrected chi connectivity index (χ2v) is 3.64. The molecule has 5 heteroatoms. The van der Waals surface area contributed by atoms with Gasteiger partial charge < -0.3 is 10.5 Å². The highest BCUT2D eigenvalue weighted by Gasteiger charge is 2.29. The standard InChI is InChI=1S/C8H10ClF2NO/c1-7(12)4-2-6(3-5-7)13-8(9,10)11/h2-4H,5,12H2,1H3. The quantitative estimate of drug-likeness (QED) is 0.709. The third-order valence-electron chi connectivity index (χ3n) is 1.60. The van der Waals surface area contributed by atoms with E-state index in [1.807, 2.05) is 0 Å². The first-order valence-corrected chi connectivity index (χ1v) is 4.10. The van der Waals surface area contributed by atoms with Crippen molar-refractivity contribution in [2.24, 2.45) is 5.73 Å². The van der Waals surface area contributed by atoms with Crippen LogP contribution in [0.1, 0.15) is 13.3 Å². The van der Waals surface area contributed by atoms with Gasteiger partial charge in [-0.15, -0.1) is 8.78 Å². The number of alkyl halides is 3. The minimum absolute atomic E-state index is 0.0444. The van der Waals surface area contributed by atoms with Crippen molar-refractivity contribution >= 4 is 11.6 Å². The van der Waals surface area contributed by atoms with Gasteiger partial charge in [-0.05, 0) is 25.5 Å². The molecule has 1 aliphatic carbocycles. The minimum Gasteiger partial charge on any atom is -0.420 e. The Kier molecular flexibility index (Phi) is 2.63.